The van der Waals surface area contributed by atoms with Gasteiger partial charge < -0.3 is 17.7 Å². The Morgan fingerprint density at radius 1 is 1.03 bits per heavy atom. The zero-order valence-electron chi connectivity index (χ0n) is 21.3. The Balaban J connectivity index is 0.000000500. The molecule has 0 fully saturated rings. The maximum absolute atomic E-state index is 12.8. The van der Waals surface area contributed by atoms with Crippen molar-refractivity contribution < 1.29 is 31.2 Å². The fraction of sp³-hybridized carbons (Fsp3) is 0.333. The number of aromatic hydroxyl groups is 1. The normalized spacial score (nSPS) is 11.3. The molecule has 0 saturated carbocycles. The van der Waals surface area contributed by atoms with E-state index in [1.807, 2.05) is 20.8 Å². The number of hydrogen-bond donors (Lipinski definition) is 1. The first kappa shape index (κ1) is 32.2. The molecule has 0 unspecified atom stereocenters. The summed E-state index contributed by atoms with van der Waals surface area (Å²) in [6.07, 6.45) is 13.5. The van der Waals surface area contributed by atoms with E-state index in [4.69, 9.17) is 0 Å². The van der Waals surface area contributed by atoms with E-state index in [2.05, 4.69) is 85.7 Å². The Morgan fingerprint density at radius 3 is 2.18 bits per heavy atom. The second-order valence-electron chi connectivity index (χ2n) is 8.91. The smallest absolute Gasteiger partial charge is 0.530 e. The Hall–Kier alpha value is -1.81. The Bertz CT molecular complexity index is 1050. The van der Waals surface area contributed by atoms with E-state index in [-0.39, 0.29) is 38.7 Å². The van der Waals surface area contributed by atoms with Crippen molar-refractivity contribution >= 4 is 26.8 Å². The molecule has 3 aromatic rings. The van der Waals surface area contributed by atoms with Crippen LogP contribution < -0.4 is 0 Å². The molecular formula is C30H36FOSiTi. The number of benzene rings is 3. The molecule has 3 aromatic carbocycles. The van der Waals surface area contributed by atoms with Crippen molar-refractivity contribution in [2.75, 3.05) is 0 Å². The molecule has 4 rings (SSSR count). The van der Waals surface area contributed by atoms with E-state index in [1.54, 1.807) is 0 Å². The average molecular weight is 508 g/mol. The van der Waals surface area contributed by atoms with Gasteiger partial charge in [-0.2, -0.15) is 30.5 Å². The molecule has 0 spiro atoms. The van der Waals surface area contributed by atoms with Crippen LogP contribution >= 0.6 is 0 Å². The third-order valence-corrected chi connectivity index (χ3v) is 5.17. The maximum atomic E-state index is 12.8. The van der Waals surface area contributed by atoms with Crippen LogP contribution in [0.15, 0.2) is 60.2 Å². The van der Waals surface area contributed by atoms with Crippen molar-refractivity contribution in [3.63, 3.8) is 0 Å². The van der Waals surface area contributed by atoms with Gasteiger partial charge in [0.15, 0.2) is 0 Å². The number of phenols is 1. The van der Waals surface area contributed by atoms with Gasteiger partial charge in [-0.05, 0) is 29.0 Å². The van der Waals surface area contributed by atoms with Crippen LogP contribution in [0.1, 0.15) is 71.1 Å². The minimum absolute atomic E-state index is 0. The number of allylic oxidation sites excluding steroid dienone is 1. The molecule has 34 heavy (non-hydrogen) atoms. The number of rotatable bonds is 2. The fourth-order valence-electron chi connectivity index (χ4n) is 3.58. The zero-order chi connectivity index (χ0) is 25.0. The molecule has 0 bridgehead atoms. The Labute approximate surface area is 224 Å². The van der Waals surface area contributed by atoms with Crippen molar-refractivity contribution in [2.45, 2.75) is 66.2 Å². The average Bonchev–Trinajstić information content (AvgIpc) is 3.18. The molecule has 0 aromatic heterocycles. The predicted molar refractivity (Wildman–Crippen MR) is 143 cm³/mol. The molecule has 0 aliphatic heterocycles. The molecule has 1 aliphatic carbocycles. The van der Waals surface area contributed by atoms with Gasteiger partial charge in [-0.3, -0.25) is 9.85 Å². The van der Waals surface area contributed by atoms with Crippen molar-refractivity contribution in [3.05, 3.63) is 95.2 Å². The van der Waals surface area contributed by atoms with Crippen LogP contribution in [0, 0.1) is 18.3 Å². The van der Waals surface area contributed by atoms with Crippen molar-refractivity contribution in [2.24, 2.45) is 0 Å². The van der Waals surface area contributed by atoms with Crippen molar-refractivity contribution in [3.8, 4) is 5.75 Å². The monoisotopic (exact) mass is 507 g/mol. The summed E-state index contributed by atoms with van der Waals surface area (Å²) in [5.41, 5.74) is 4.49. The summed E-state index contributed by atoms with van der Waals surface area (Å²) in [6.45, 7) is 12.3. The van der Waals surface area contributed by atoms with E-state index in [0.717, 1.165) is 6.42 Å². The summed E-state index contributed by atoms with van der Waals surface area (Å²) in [5.74, 6) is -0.151. The van der Waals surface area contributed by atoms with Crippen LogP contribution in [-0.2, 0) is 33.6 Å². The molecular weight excluding hydrogens is 471 g/mol. The third kappa shape index (κ3) is 9.82. The fourth-order valence-corrected chi connectivity index (χ4v) is 3.58. The van der Waals surface area contributed by atoms with E-state index in [9.17, 15) is 9.50 Å². The number of unbranched alkanes of at least 4 members (excludes halogenated alkanes) is 2. The molecule has 1 aliphatic rings. The standard InChI is InChI=1S/C14H11.C10H13FO.C5H11.CHSi.Ti/c1-10-8-12-7-6-11-4-2-3-5-13(11)14(12)9-10;1-10(2,3)8-6-7(11)4-5-9(8)12;1-3-5-4-2;1-2;/h2-7H,9H2,1H3;4-6,12H,1-3H3;5H,3-4H2,1-2H3;1H;/q-1;;2*-1;+3. The van der Waals surface area contributed by atoms with E-state index < -0.39 is 0 Å². The van der Waals surface area contributed by atoms with Crippen LogP contribution in [0.5, 0.6) is 5.75 Å². The van der Waals surface area contributed by atoms with Gasteiger partial charge in [0.2, 0.25) is 0 Å². The number of phenolic OH excluding ortho intramolecular Hbond substituents is 1. The SMILES string of the molecule is CC(C)(C)c1cc(F)ccc1O.CC1=[C-]c2ccc3ccccc3c2C1.CC[CH-]CC.[CH-]=[Si].[Ti+3]. The quantitative estimate of drug-likeness (QED) is 0.277. The molecule has 1 N–H and O–H groups in total. The number of fused-ring (bicyclic) bond motifs is 3. The summed E-state index contributed by atoms with van der Waals surface area (Å²) < 4.78 is 12.8. The van der Waals surface area contributed by atoms with Gasteiger partial charge in [-0.1, -0.05) is 77.6 Å². The second-order valence-corrected chi connectivity index (χ2v) is 8.91. The van der Waals surface area contributed by atoms with Crippen LogP contribution in [-0.4, -0.2) is 21.1 Å². The predicted octanol–water partition coefficient (Wildman–Crippen LogP) is 7.79. The second kappa shape index (κ2) is 16.0. The molecule has 1 nitrogen and oxygen atoms in total. The maximum Gasteiger partial charge on any atom is 3.00 e. The summed E-state index contributed by atoms with van der Waals surface area (Å²) in [4.78, 5) is 0. The van der Waals surface area contributed by atoms with Crippen LogP contribution in [0.4, 0.5) is 4.39 Å². The summed E-state index contributed by atoms with van der Waals surface area (Å²) >= 11 is 0. The van der Waals surface area contributed by atoms with Gasteiger partial charge in [0.1, 0.15) is 11.6 Å². The molecule has 3 radical (unpaired) electrons. The largest absolute Gasteiger partial charge is 3.00 e. The first-order valence-corrected chi connectivity index (χ1v) is 11.9. The van der Waals surface area contributed by atoms with E-state index >= 15 is 0 Å². The summed E-state index contributed by atoms with van der Waals surface area (Å²) in [6, 6.07) is 16.9. The molecule has 4 heteroatoms. The van der Waals surface area contributed by atoms with E-state index in [0.29, 0.717) is 5.56 Å². The van der Waals surface area contributed by atoms with Gasteiger partial charge in [-0.25, -0.2) is 4.39 Å². The van der Waals surface area contributed by atoms with Crippen LogP contribution in [0.2, 0.25) is 0 Å². The Kier molecular flexibility index (Phi) is 15.1. The number of hydrogen-bond acceptors (Lipinski definition) is 1. The summed E-state index contributed by atoms with van der Waals surface area (Å²) in [5, 5.41) is 12.1. The topological polar surface area (TPSA) is 20.2 Å². The first-order valence-electron chi connectivity index (χ1n) is 11.4. The minimum atomic E-state index is -0.308. The van der Waals surface area contributed by atoms with Crippen molar-refractivity contribution in [1.82, 2.24) is 0 Å². The molecule has 0 saturated heterocycles. The van der Waals surface area contributed by atoms with Gasteiger partial charge in [0.25, 0.3) is 0 Å². The molecule has 0 heterocycles. The Morgan fingerprint density at radius 2 is 1.65 bits per heavy atom. The van der Waals surface area contributed by atoms with Crippen LogP contribution in [0.25, 0.3) is 10.8 Å². The van der Waals surface area contributed by atoms with E-state index in [1.165, 1.54) is 58.5 Å². The van der Waals surface area contributed by atoms with Gasteiger partial charge in [0.05, 0.1) is 0 Å². The third-order valence-electron chi connectivity index (χ3n) is 5.17. The van der Waals surface area contributed by atoms with Gasteiger partial charge >= 0.3 is 21.7 Å². The summed E-state index contributed by atoms with van der Waals surface area (Å²) in [7, 11) is 2.47. The van der Waals surface area contributed by atoms with Gasteiger partial charge in [-0.15, -0.1) is 17.2 Å². The van der Waals surface area contributed by atoms with Gasteiger partial charge in [0, 0.05) is 5.56 Å². The molecule has 0 atom stereocenters. The molecule has 177 valence electrons. The number of halogens is 1. The molecule has 0 amide bonds. The van der Waals surface area contributed by atoms with Crippen molar-refractivity contribution in [1.29, 1.82) is 0 Å². The first-order chi connectivity index (χ1) is 15.7. The van der Waals surface area contributed by atoms with Crippen LogP contribution in [0.3, 0.4) is 0 Å². The zero-order valence-corrected chi connectivity index (χ0v) is 23.9. The minimum Gasteiger partial charge on any atom is -0.530 e.